The predicted octanol–water partition coefficient (Wildman–Crippen LogP) is 3.06. The number of nitrogens with zero attached hydrogens (tertiary/aromatic N) is 1. The van der Waals surface area contributed by atoms with Crippen LogP contribution in [0, 0.1) is 0 Å². The molecule has 3 rings (SSSR count). The second-order valence-electron chi connectivity index (χ2n) is 4.21. The van der Waals surface area contributed by atoms with Crippen LogP contribution in [0.25, 0.3) is 11.1 Å². The van der Waals surface area contributed by atoms with Crippen LogP contribution in [0.5, 0.6) is 0 Å². The van der Waals surface area contributed by atoms with E-state index in [-0.39, 0.29) is 0 Å². The number of nitrogens with one attached hydrogen (secondary N) is 1. The molecular formula is C12H13BrN2O. The molecular weight excluding hydrogens is 268 g/mol. The molecule has 4 heteroatoms. The molecule has 1 unspecified atom stereocenters. The average molecular weight is 281 g/mol. The molecule has 3 nitrogen and oxygen atoms in total. The van der Waals surface area contributed by atoms with Gasteiger partial charge in [-0.3, -0.25) is 0 Å². The molecule has 1 aromatic heterocycles. The molecule has 1 fully saturated rings. The van der Waals surface area contributed by atoms with Gasteiger partial charge in [0, 0.05) is 16.9 Å². The van der Waals surface area contributed by atoms with E-state index in [2.05, 4.69) is 26.2 Å². The third kappa shape index (κ3) is 1.87. The van der Waals surface area contributed by atoms with Crippen molar-refractivity contribution in [1.29, 1.82) is 0 Å². The molecule has 0 bridgehead atoms. The van der Waals surface area contributed by atoms with Gasteiger partial charge in [-0.2, -0.15) is 0 Å². The van der Waals surface area contributed by atoms with Gasteiger partial charge in [-0.25, -0.2) is 4.98 Å². The number of rotatable bonds is 1. The van der Waals surface area contributed by atoms with Crippen LogP contribution in [0.15, 0.2) is 27.1 Å². The highest BCUT2D eigenvalue weighted by molar-refractivity contribution is 9.10. The summed E-state index contributed by atoms with van der Waals surface area (Å²) in [5.74, 6) is 1.31. The lowest BCUT2D eigenvalue weighted by molar-refractivity contribution is 0.387. The van der Waals surface area contributed by atoms with Gasteiger partial charge in [-0.15, -0.1) is 0 Å². The Morgan fingerprint density at radius 3 is 3.19 bits per heavy atom. The van der Waals surface area contributed by atoms with E-state index in [0.29, 0.717) is 5.92 Å². The van der Waals surface area contributed by atoms with Gasteiger partial charge < -0.3 is 9.73 Å². The van der Waals surface area contributed by atoms with Gasteiger partial charge in [-0.05, 0) is 37.6 Å². The zero-order chi connectivity index (χ0) is 11.0. The highest BCUT2D eigenvalue weighted by Gasteiger charge is 2.20. The Morgan fingerprint density at radius 1 is 1.44 bits per heavy atom. The normalized spacial score (nSPS) is 21.4. The molecule has 0 spiro atoms. The van der Waals surface area contributed by atoms with Crippen LogP contribution in [-0.2, 0) is 0 Å². The summed E-state index contributed by atoms with van der Waals surface area (Å²) in [7, 11) is 0. The predicted molar refractivity (Wildman–Crippen MR) is 66.6 cm³/mol. The van der Waals surface area contributed by atoms with Crippen molar-refractivity contribution >= 4 is 27.0 Å². The second kappa shape index (κ2) is 4.18. The van der Waals surface area contributed by atoms with Crippen molar-refractivity contribution in [3.63, 3.8) is 0 Å². The molecule has 1 aliphatic heterocycles. The number of aromatic nitrogens is 1. The maximum absolute atomic E-state index is 5.81. The molecule has 1 saturated heterocycles. The summed E-state index contributed by atoms with van der Waals surface area (Å²) in [6.07, 6.45) is 2.37. The summed E-state index contributed by atoms with van der Waals surface area (Å²) >= 11 is 3.44. The lowest BCUT2D eigenvalue weighted by atomic mass is 10.00. The number of oxazole rings is 1. The van der Waals surface area contributed by atoms with E-state index >= 15 is 0 Å². The minimum atomic E-state index is 0.430. The van der Waals surface area contributed by atoms with E-state index < -0.39 is 0 Å². The quantitative estimate of drug-likeness (QED) is 0.873. The van der Waals surface area contributed by atoms with E-state index in [1.807, 2.05) is 18.2 Å². The van der Waals surface area contributed by atoms with Gasteiger partial charge in [0.1, 0.15) is 5.52 Å². The monoisotopic (exact) mass is 280 g/mol. The smallest absolute Gasteiger partial charge is 0.199 e. The van der Waals surface area contributed by atoms with Crippen LogP contribution in [-0.4, -0.2) is 18.1 Å². The first-order valence-electron chi connectivity index (χ1n) is 5.59. The molecule has 84 valence electrons. The molecule has 1 atom stereocenters. The number of benzene rings is 1. The van der Waals surface area contributed by atoms with Crippen LogP contribution >= 0.6 is 15.9 Å². The first-order chi connectivity index (χ1) is 7.83. The van der Waals surface area contributed by atoms with Crippen molar-refractivity contribution in [2.45, 2.75) is 18.8 Å². The fourth-order valence-electron chi connectivity index (χ4n) is 2.15. The summed E-state index contributed by atoms with van der Waals surface area (Å²) in [5, 5.41) is 3.38. The van der Waals surface area contributed by atoms with Crippen LogP contribution in [0.3, 0.4) is 0 Å². The lowest BCUT2D eigenvalue weighted by Gasteiger charge is -2.19. The van der Waals surface area contributed by atoms with Gasteiger partial charge in [0.15, 0.2) is 11.5 Å². The van der Waals surface area contributed by atoms with Crippen LogP contribution < -0.4 is 5.32 Å². The molecule has 1 aromatic carbocycles. The highest BCUT2D eigenvalue weighted by Crippen LogP contribution is 2.27. The number of piperidine rings is 1. The molecule has 1 N–H and O–H groups in total. The average Bonchev–Trinajstić information content (AvgIpc) is 2.73. The fraction of sp³-hybridized carbons (Fsp3) is 0.417. The second-order valence-corrected chi connectivity index (χ2v) is 5.12. The van der Waals surface area contributed by atoms with Crippen molar-refractivity contribution < 1.29 is 4.42 Å². The van der Waals surface area contributed by atoms with E-state index in [1.165, 1.54) is 12.8 Å². The third-order valence-electron chi connectivity index (χ3n) is 3.01. The first kappa shape index (κ1) is 10.3. The van der Waals surface area contributed by atoms with Crippen LogP contribution in [0.4, 0.5) is 0 Å². The molecule has 0 aliphatic carbocycles. The summed E-state index contributed by atoms with van der Waals surface area (Å²) in [6.45, 7) is 2.09. The van der Waals surface area contributed by atoms with Crippen molar-refractivity contribution in [1.82, 2.24) is 10.3 Å². The Morgan fingerprint density at radius 2 is 2.38 bits per heavy atom. The highest BCUT2D eigenvalue weighted by atomic mass is 79.9. The largest absolute Gasteiger partial charge is 0.440 e. The molecule has 16 heavy (non-hydrogen) atoms. The molecule has 2 heterocycles. The summed E-state index contributed by atoms with van der Waals surface area (Å²) < 4.78 is 6.84. The fourth-order valence-corrected chi connectivity index (χ4v) is 2.49. The first-order valence-corrected chi connectivity index (χ1v) is 6.39. The Kier molecular flexibility index (Phi) is 2.69. The topological polar surface area (TPSA) is 38.1 Å². The van der Waals surface area contributed by atoms with E-state index in [9.17, 15) is 0 Å². The Balaban J connectivity index is 1.97. The summed E-state index contributed by atoms with van der Waals surface area (Å²) in [4.78, 5) is 4.55. The van der Waals surface area contributed by atoms with Gasteiger partial charge >= 0.3 is 0 Å². The standard InChI is InChI=1S/C12H13BrN2O/c13-9-3-4-10-11(6-9)16-12(15-10)8-2-1-5-14-7-8/h3-4,6,8,14H,1-2,5,7H2. The van der Waals surface area contributed by atoms with Gasteiger partial charge in [0.05, 0.1) is 0 Å². The van der Waals surface area contributed by atoms with Crippen molar-refractivity contribution in [2.24, 2.45) is 0 Å². The molecule has 0 saturated carbocycles. The zero-order valence-corrected chi connectivity index (χ0v) is 10.5. The third-order valence-corrected chi connectivity index (χ3v) is 3.51. The van der Waals surface area contributed by atoms with Gasteiger partial charge in [0.25, 0.3) is 0 Å². The zero-order valence-electron chi connectivity index (χ0n) is 8.87. The molecule has 1 aliphatic rings. The molecule has 2 aromatic rings. The van der Waals surface area contributed by atoms with E-state index in [1.54, 1.807) is 0 Å². The Bertz CT molecular complexity index is 503. The number of hydrogen-bond acceptors (Lipinski definition) is 3. The number of hydrogen-bond donors (Lipinski definition) is 1. The van der Waals surface area contributed by atoms with Crippen molar-refractivity contribution in [2.75, 3.05) is 13.1 Å². The minimum absolute atomic E-state index is 0.430. The van der Waals surface area contributed by atoms with Crippen LogP contribution in [0.2, 0.25) is 0 Å². The Labute approximate surface area is 102 Å². The van der Waals surface area contributed by atoms with Crippen molar-refractivity contribution in [3.8, 4) is 0 Å². The van der Waals surface area contributed by atoms with Crippen molar-refractivity contribution in [3.05, 3.63) is 28.6 Å². The van der Waals surface area contributed by atoms with E-state index in [0.717, 1.165) is 34.6 Å². The lowest BCUT2D eigenvalue weighted by Crippen LogP contribution is -2.28. The van der Waals surface area contributed by atoms with Gasteiger partial charge in [0.2, 0.25) is 0 Å². The minimum Gasteiger partial charge on any atom is -0.440 e. The summed E-state index contributed by atoms with van der Waals surface area (Å²) in [5.41, 5.74) is 1.82. The maximum Gasteiger partial charge on any atom is 0.199 e. The molecule has 0 amide bonds. The SMILES string of the molecule is Brc1ccc2nc(C3CCCNC3)oc2c1. The number of halogens is 1. The van der Waals surface area contributed by atoms with Gasteiger partial charge in [-0.1, -0.05) is 15.9 Å². The Hall–Kier alpha value is -0.870. The van der Waals surface area contributed by atoms with E-state index in [4.69, 9.17) is 4.42 Å². The maximum atomic E-state index is 5.81. The van der Waals surface area contributed by atoms with Crippen LogP contribution in [0.1, 0.15) is 24.7 Å². The molecule has 0 radical (unpaired) electrons. The number of fused-ring (bicyclic) bond motifs is 1. The summed E-state index contributed by atoms with van der Waals surface area (Å²) in [6, 6.07) is 5.96.